The van der Waals surface area contributed by atoms with Crippen LogP contribution in [0, 0.1) is 6.08 Å². The molecular formula is C5H7N2+. The summed E-state index contributed by atoms with van der Waals surface area (Å²) in [6, 6.07) is 0. The first-order chi connectivity index (χ1) is 3.39. The summed E-state index contributed by atoms with van der Waals surface area (Å²) < 4.78 is 0. The summed E-state index contributed by atoms with van der Waals surface area (Å²) in [5, 5.41) is 2.92. The van der Waals surface area contributed by atoms with Crippen LogP contribution in [0.1, 0.15) is 0 Å². The molecule has 0 amide bonds. The largest absolute Gasteiger partial charge is 0.358 e. The van der Waals surface area contributed by atoms with Crippen molar-refractivity contribution in [3.05, 3.63) is 24.0 Å². The van der Waals surface area contributed by atoms with E-state index in [9.17, 15) is 0 Å². The van der Waals surface area contributed by atoms with Gasteiger partial charge in [0.1, 0.15) is 18.8 Å². The zero-order chi connectivity index (χ0) is 5.11. The molecule has 0 bridgehead atoms. The van der Waals surface area contributed by atoms with Crippen molar-refractivity contribution in [2.45, 2.75) is 0 Å². The molecular weight excluding hydrogens is 88.1 g/mol. The first-order valence-corrected chi connectivity index (χ1v) is 2.17. The van der Waals surface area contributed by atoms with E-state index >= 15 is 0 Å². The number of hydrogen-bond acceptors (Lipinski definition) is 2. The van der Waals surface area contributed by atoms with E-state index in [1.54, 1.807) is 6.20 Å². The molecule has 0 saturated heterocycles. The monoisotopic (exact) mass is 95.1 g/mol. The summed E-state index contributed by atoms with van der Waals surface area (Å²) in [5.41, 5.74) is 6.03. The van der Waals surface area contributed by atoms with Gasteiger partial charge in [0, 0.05) is 0 Å². The van der Waals surface area contributed by atoms with Gasteiger partial charge in [0.15, 0.2) is 0 Å². The average Bonchev–Trinajstić information content (AvgIpc) is 1.69. The fraction of sp³-hybridized carbons (Fsp3) is 0.200. The summed E-state index contributed by atoms with van der Waals surface area (Å²) in [5.74, 6) is 0. The van der Waals surface area contributed by atoms with Crippen molar-refractivity contribution in [1.29, 1.82) is 0 Å². The van der Waals surface area contributed by atoms with Crippen LogP contribution in [-0.4, -0.2) is 6.54 Å². The molecule has 2 nitrogen and oxygen atoms in total. The molecule has 0 unspecified atom stereocenters. The maximum atomic E-state index is 5.31. The molecule has 1 rings (SSSR count). The molecule has 0 aromatic rings. The highest BCUT2D eigenvalue weighted by Gasteiger charge is 1.99. The maximum absolute atomic E-state index is 5.31. The van der Waals surface area contributed by atoms with Crippen LogP contribution in [0.15, 0.2) is 18.0 Å². The van der Waals surface area contributed by atoms with E-state index in [1.807, 2.05) is 6.08 Å². The van der Waals surface area contributed by atoms with Gasteiger partial charge >= 0.3 is 0 Å². The average molecular weight is 95.1 g/mol. The maximum Gasteiger partial charge on any atom is 0.257 e. The minimum Gasteiger partial charge on any atom is -0.358 e. The molecule has 7 heavy (non-hydrogen) atoms. The van der Waals surface area contributed by atoms with Gasteiger partial charge in [0.05, 0.1) is 6.08 Å². The molecule has 0 fully saturated rings. The molecule has 0 spiro atoms. The fourth-order valence-corrected chi connectivity index (χ4v) is 0.421. The van der Waals surface area contributed by atoms with Gasteiger partial charge in [-0.05, 0) is 0 Å². The van der Waals surface area contributed by atoms with E-state index in [0.29, 0.717) is 0 Å². The molecule has 36 valence electrons. The summed E-state index contributed by atoms with van der Waals surface area (Å²) >= 11 is 0. The van der Waals surface area contributed by atoms with Crippen LogP contribution in [0.3, 0.4) is 0 Å². The number of allylic oxidation sites excluding steroid dienone is 1. The van der Waals surface area contributed by atoms with Crippen LogP contribution in [0.25, 0.3) is 0 Å². The van der Waals surface area contributed by atoms with Gasteiger partial charge < -0.3 is 11.1 Å². The van der Waals surface area contributed by atoms with Crippen LogP contribution >= 0.6 is 0 Å². The van der Waals surface area contributed by atoms with E-state index < -0.39 is 0 Å². The Morgan fingerprint density at radius 3 is 3.00 bits per heavy atom. The lowest BCUT2D eigenvalue weighted by atomic mass is 10.3. The Bertz CT molecular complexity index is 113. The molecule has 0 saturated carbocycles. The molecule has 0 aliphatic carbocycles. The highest BCUT2D eigenvalue weighted by Crippen LogP contribution is 1.86. The second-order valence-corrected chi connectivity index (χ2v) is 1.36. The SMILES string of the molecule is NC1=CCNC=[C+]1. The number of hydrogen-bond donors (Lipinski definition) is 2. The van der Waals surface area contributed by atoms with Gasteiger partial charge in [-0.3, -0.25) is 0 Å². The number of rotatable bonds is 0. The summed E-state index contributed by atoms with van der Waals surface area (Å²) in [7, 11) is 0. The number of nitrogens with one attached hydrogen (secondary N) is 1. The third-order valence-electron chi connectivity index (χ3n) is 0.781. The van der Waals surface area contributed by atoms with Crippen LogP contribution in [-0.2, 0) is 0 Å². The molecule has 0 atom stereocenters. The molecule has 1 aliphatic rings. The highest BCUT2D eigenvalue weighted by molar-refractivity contribution is 5.12. The van der Waals surface area contributed by atoms with Crippen LogP contribution < -0.4 is 11.1 Å². The Hall–Kier alpha value is -1.01. The Morgan fingerprint density at radius 2 is 2.71 bits per heavy atom. The number of nitrogens with two attached hydrogens (primary N) is 1. The topological polar surface area (TPSA) is 38.0 Å². The summed E-state index contributed by atoms with van der Waals surface area (Å²) in [4.78, 5) is 0. The minimum absolute atomic E-state index is 0.721. The van der Waals surface area contributed by atoms with Gasteiger partial charge in [0.2, 0.25) is 0 Å². The predicted molar refractivity (Wildman–Crippen MR) is 28.1 cm³/mol. The van der Waals surface area contributed by atoms with E-state index in [0.717, 1.165) is 12.2 Å². The van der Waals surface area contributed by atoms with Crippen molar-refractivity contribution < 1.29 is 0 Å². The van der Waals surface area contributed by atoms with Gasteiger partial charge in [-0.25, -0.2) is 0 Å². The Labute approximate surface area is 42.7 Å². The van der Waals surface area contributed by atoms with E-state index in [-0.39, 0.29) is 0 Å². The van der Waals surface area contributed by atoms with Gasteiger partial charge in [0.25, 0.3) is 5.70 Å². The minimum atomic E-state index is 0.721. The quantitative estimate of drug-likeness (QED) is 0.407. The second kappa shape index (κ2) is 1.63. The Morgan fingerprint density at radius 1 is 1.86 bits per heavy atom. The van der Waals surface area contributed by atoms with Gasteiger partial charge in [-0.1, -0.05) is 0 Å². The van der Waals surface area contributed by atoms with Crippen molar-refractivity contribution >= 4 is 0 Å². The zero-order valence-corrected chi connectivity index (χ0v) is 3.94. The van der Waals surface area contributed by atoms with Crippen molar-refractivity contribution in [3.8, 4) is 0 Å². The molecule has 0 aromatic heterocycles. The van der Waals surface area contributed by atoms with E-state index in [1.165, 1.54) is 0 Å². The normalized spacial score (nSPS) is 16.9. The van der Waals surface area contributed by atoms with Crippen molar-refractivity contribution in [3.63, 3.8) is 0 Å². The molecule has 1 heterocycles. The summed E-state index contributed by atoms with van der Waals surface area (Å²) in [6.45, 7) is 0.832. The van der Waals surface area contributed by atoms with Crippen molar-refractivity contribution in [2.24, 2.45) is 5.73 Å². The molecule has 2 heteroatoms. The van der Waals surface area contributed by atoms with Gasteiger partial charge in [-0.15, -0.1) is 0 Å². The van der Waals surface area contributed by atoms with Crippen molar-refractivity contribution in [2.75, 3.05) is 6.54 Å². The lowest BCUT2D eigenvalue weighted by Gasteiger charge is -1.89. The molecule has 1 aliphatic heterocycles. The smallest absolute Gasteiger partial charge is 0.257 e. The van der Waals surface area contributed by atoms with E-state index in [4.69, 9.17) is 5.73 Å². The third kappa shape index (κ3) is 0.913. The van der Waals surface area contributed by atoms with Gasteiger partial charge in [-0.2, -0.15) is 0 Å². The van der Waals surface area contributed by atoms with Crippen molar-refractivity contribution in [1.82, 2.24) is 5.32 Å². The summed E-state index contributed by atoms with van der Waals surface area (Å²) in [6.07, 6.45) is 6.38. The molecule has 3 N–H and O–H groups in total. The lowest BCUT2D eigenvalue weighted by molar-refractivity contribution is 0.946. The standard InChI is InChI=1S/C5H7N2/c6-5-1-3-7-4-2-5/h1,4,7H,3,6H2/q+1. The Balaban J connectivity index is 2.58. The third-order valence-corrected chi connectivity index (χ3v) is 0.781. The van der Waals surface area contributed by atoms with Crippen LogP contribution in [0.2, 0.25) is 0 Å². The first kappa shape index (κ1) is 4.16. The Kier molecular flexibility index (Phi) is 0.966. The van der Waals surface area contributed by atoms with E-state index in [2.05, 4.69) is 11.4 Å². The molecule has 0 radical (unpaired) electrons. The first-order valence-electron chi connectivity index (χ1n) is 2.17. The lowest BCUT2D eigenvalue weighted by Crippen LogP contribution is -2.12. The second-order valence-electron chi connectivity index (χ2n) is 1.36. The zero-order valence-electron chi connectivity index (χ0n) is 3.94. The number of dihydropyridines is 1. The van der Waals surface area contributed by atoms with Crippen LogP contribution in [0.5, 0.6) is 0 Å². The molecule has 0 aromatic carbocycles. The van der Waals surface area contributed by atoms with Crippen LogP contribution in [0.4, 0.5) is 0 Å². The fourth-order valence-electron chi connectivity index (χ4n) is 0.421. The predicted octanol–water partition coefficient (Wildman–Crippen LogP) is -0.251. The highest BCUT2D eigenvalue weighted by atomic mass is 14.8.